The van der Waals surface area contributed by atoms with Crippen LogP contribution in [0.1, 0.15) is 46.4 Å². The zero-order chi connectivity index (χ0) is 18.7. The Labute approximate surface area is 159 Å². The maximum Gasteiger partial charge on any atom is 0.261 e. The summed E-state index contributed by atoms with van der Waals surface area (Å²) < 4.78 is 5.77. The van der Waals surface area contributed by atoms with Crippen molar-refractivity contribution in [1.29, 1.82) is 0 Å². The summed E-state index contributed by atoms with van der Waals surface area (Å²) in [5.41, 5.74) is 2.20. The second-order valence-corrected chi connectivity index (χ2v) is 8.08. The Kier molecular flexibility index (Phi) is 5.94. The van der Waals surface area contributed by atoms with E-state index in [1.165, 1.54) is 10.4 Å². The molecule has 1 fully saturated rings. The van der Waals surface area contributed by atoms with Gasteiger partial charge in [-0.1, -0.05) is 13.0 Å². The van der Waals surface area contributed by atoms with Crippen LogP contribution < -0.4 is 10.2 Å². The van der Waals surface area contributed by atoms with Crippen molar-refractivity contribution in [1.82, 2.24) is 10.3 Å². The van der Waals surface area contributed by atoms with Crippen LogP contribution in [0.25, 0.3) is 0 Å². The Morgan fingerprint density at radius 1 is 1.35 bits per heavy atom. The first-order chi connectivity index (χ1) is 12.5. The second-order valence-electron chi connectivity index (χ2n) is 6.94. The maximum atomic E-state index is 12.3. The van der Waals surface area contributed by atoms with Gasteiger partial charge in [0, 0.05) is 30.7 Å². The molecule has 0 radical (unpaired) electrons. The Bertz CT molecular complexity index is 747. The number of amides is 1. The number of aromatic nitrogens is 1. The van der Waals surface area contributed by atoms with Crippen LogP contribution in [0.2, 0.25) is 0 Å². The predicted molar refractivity (Wildman–Crippen MR) is 106 cm³/mol. The first-order valence-electron chi connectivity index (χ1n) is 9.19. The van der Waals surface area contributed by atoms with Crippen LogP contribution in [0, 0.1) is 6.92 Å². The lowest BCUT2D eigenvalue weighted by Crippen LogP contribution is -2.45. The Balaban J connectivity index is 1.58. The highest BCUT2D eigenvalue weighted by molar-refractivity contribution is 7.14. The van der Waals surface area contributed by atoms with E-state index in [4.69, 9.17) is 4.74 Å². The van der Waals surface area contributed by atoms with Crippen LogP contribution in [0.4, 0.5) is 5.82 Å². The molecule has 0 bridgehead atoms. The van der Waals surface area contributed by atoms with Gasteiger partial charge in [0.2, 0.25) is 0 Å². The number of carbonyl (C=O) groups is 1. The van der Waals surface area contributed by atoms with Gasteiger partial charge in [-0.05, 0) is 50.5 Å². The quantitative estimate of drug-likeness (QED) is 0.871. The molecule has 0 saturated carbocycles. The van der Waals surface area contributed by atoms with Crippen LogP contribution in [-0.4, -0.2) is 36.2 Å². The third-order valence-electron chi connectivity index (χ3n) is 4.57. The van der Waals surface area contributed by atoms with Crippen molar-refractivity contribution < 1.29 is 9.53 Å². The summed E-state index contributed by atoms with van der Waals surface area (Å²) in [6.07, 6.45) is 3.23. The van der Waals surface area contributed by atoms with Gasteiger partial charge in [-0.2, -0.15) is 0 Å². The minimum Gasteiger partial charge on any atom is -0.372 e. The summed E-state index contributed by atoms with van der Waals surface area (Å²) >= 11 is 1.58. The van der Waals surface area contributed by atoms with Gasteiger partial charge in [-0.15, -0.1) is 11.3 Å². The zero-order valence-corrected chi connectivity index (χ0v) is 16.7. The van der Waals surface area contributed by atoms with Gasteiger partial charge < -0.3 is 15.0 Å². The SMILES string of the molecule is CCc1sc(C(=O)NCc2ccc(N3C[C@@H](C)O[C@@H](C)C3)nc2)cc1C. The lowest BCUT2D eigenvalue weighted by Gasteiger charge is -2.36. The highest BCUT2D eigenvalue weighted by Gasteiger charge is 2.23. The zero-order valence-electron chi connectivity index (χ0n) is 15.9. The minimum absolute atomic E-state index is 0.0160. The van der Waals surface area contributed by atoms with Gasteiger partial charge in [-0.3, -0.25) is 4.79 Å². The molecule has 1 N–H and O–H groups in total. The summed E-state index contributed by atoms with van der Waals surface area (Å²) in [6.45, 7) is 10.5. The Hall–Kier alpha value is -1.92. The van der Waals surface area contributed by atoms with Gasteiger partial charge in [0.1, 0.15) is 5.82 Å². The van der Waals surface area contributed by atoms with E-state index < -0.39 is 0 Å². The molecule has 5 nitrogen and oxygen atoms in total. The Morgan fingerprint density at radius 3 is 2.65 bits per heavy atom. The van der Waals surface area contributed by atoms with Crippen molar-refractivity contribution in [2.45, 2.75) is 52.9 Å². The van der Waals surface area contributed by atoms with E-state index in [2.05, 4.69) is 42.9 Å². The number of nitrogens with one attached hydrogen (secondary N) is 1. The fourth-order valence-corrected chi connectivity index (χ4v) is 4.36. The van der Waals surface area contributed by atoms with Gasteiger partial charge in [0.05, 0.1) is 17.1 Å². The van der Waals surface area contributed by atoms with Crippen molar-refractivity contribution in [2.24, 2.45) is 0 Å². The van der Waals surface area contributed by atoms with Crippen LogP contribution in [0.15, 0.2) is 24.4 Å². The van der Waals surface area contributed by atoms with Crippen molar-refractivity contribution in [3.05, 3.63) is 45.3 Å². The summed E-state index contributed by atoms with van der Waals surface area (Å²) in [4.78, 5) is 21.2. The fraction of sp³-hybridized carbons (Fsp3) is 0.500. The van der Waals surface area contributed by atoms with Crippen LogP contribution in [-0.2, 0) is 17.7 Å². The predicted octanol–water partition coefficient (Wildman–Crippen LogP) is 3.56. The molecule has 26 heavy (non-hydrogen) atoms. The first kappa shape index (κ1) is 18.9. The third-order valence-corrected chi connectivity index (χ3v) is 5.95. The largest absolute Gasteiger partial charge is 0.372 e. The first-order valence-corrected chi connectivity index (χ1v) is 10.0. The molecule has 3 rings (SSSR count). The molecule has 0 spiro atoms. The van der Waals surface area contributed by atoms with E-state index in [0.717, 1.165) is 35.8 Å². The van der Waals surface area contributed by atoms with Gasteiger partial charge in [0.25, 0.3) is 5.91 Å². The molecule has 0 aliphatic carbocycles. The summed E-state index contributed by atoms with van der Waals surface area (Å²) in [5, 5.41) is 2.99. The topological polar surface area (TPSA) is 54.5 Å². The number of anilines is 1. The molecule has 0 aromatic carbocycles. The van der Waals surface area contributed by atoms with Crippen molar-refractivity contribution in [3.8, 4) is 0 Å². The summed E-state index contributed by atoms with van der Waals surface area (Å²) in [5.74, 6) is 0.946. The number of hydrogen-bond acceptors (Lipinski definition) is 5. The highest BCUT2D eigenvalue weighted by Crippen LogP contribution is 2.22. The van der Waals surface area contributed by atoms with Crippen molar-refractivity contribution in [3.63, 3.8) is 0 Å². The molecule has 1 saturated heterocycles. The fourth-order valence-electron chi connectivity index (χ4n) is 3.33. The number of aryl methyl sites for hydroxylation is 2. The van der Waals surface area contributed by atoms with E-state index in [0.29, 0.717) is 6.54 Å². The number of rotatable bonds is 5. The number of morpholine rings is 1. The average Bonchev–Trinajstić information content (AvgIpc) is 3.00. The molecule has 1 aliphatic rings. The molecule has 1 aliphatic heterocycles. The Morgan fingerprint density at radius 2 is 2.08 bits per heavy atom. The number of nitrogens with zero attached hydrogens (tertiary/aromatic N) is 2. The monoisotopic (exact) mass is 373 g/mol. The van der Waals surface area contributed by atoms with E-state index >= 15 is 0 Å². The highest BCUT2D eigenvalue weighted by atomic mass is 32.1. The van der Waals surface area contributed by atoms with Gasteiger partial charge >= 0.3 is 0 Å². The number of hydrogen-bond donors (Lipinski definition) is 1. The lowest BCUT2D eigenvalue weighted by atomic mass is 10.2. The standard InChI is InChI=1S/C20H27N3O2S/c1-5-17-13(2)8-18(26-17)20(24)22-10-16-6-7-19(21-9-16)23-11-14(3)25-15(4)12-23/h6-9,14-15H,5,10-12H2,1-4H3,(H,22,24)/t14-,15+. The number of pyridine rings is 1. The molecule has 2 aromatic heterocycles. The number of thiophene rings is 1. The third kappa shape index (κ3) is 4.43. The van der Waals surface area contributed by atoms with E-state index in [1.54, 1.807) is 11.3 Å². The van der Waals surface area contributed by atoms with E-state index in [1.807, 2.05) is 24.4 Å². The molecular formula is C20H27N3O2S. The number of carbonyl (C=O) groups excluding carboxylic acids is 1. The minimum atomic E-state index is -0.0160. The molecular weight excluding hydrogens is 346 g/mol. The van der Waals surface area contributed by atoms with Crippen molar-refractivity contribution >= 4 is 23.1 Å². The van der Waals surface area contributed by atoms with Gasteiger partial charge in [-0.25, -0.2) is 4.98 Å². The normalized spacial score (nSPS) is 20.2. The summed E-state index contributed by atoms with van der Waals surface area (Å²) in [6, 6.07) is 6.03. The van der Waals surface area contributed by atoms with Crippen LogP contribution >= 0.6 is 11.3 Å². The molecule has 140 valence electrons. The van der Waals surface area contributed by atoms with Crippen LogP contribution in [0.3, 0.4) is 0 Å². The number of ether oxygens (including phenoxy) is 1. The molecule has 3 heterocycles. The molecule has 2 aromatic rings. The lowest BCUT2D eigenvalue weighted by molar-refractivity contribution is -0.00546. The van der Waals surface area contributed by atoms with E-state index in [-0.39, 0.29) is 18.1 Å². The second kappa shape index (κ2) is 8.18. The summed E-state index contributed by atoms with van der Waals surface area (Å²) in [7, 11) is 0. The van der Waals surface area contributed by atoms with Crippen molar-refractivity contribution in [2.75, 3.05) is 18.0 Å². The van der Waals surface area contributed by atoms with Gasteiger partial charge in [0.15, 0.2) is 0 Å². The average molecular weight is 374 g/mol. The molecule has 1 amide bonds. The smallest absolute Gasteiger partial charge is 0.261 e. The molecule has 2 atom stereocenters. The molecule has 6 heteroatoms. The molecule has 0 unspecified atom stereocenters. The van der Waals surface area contributed by atoms with Crippen LogP contribution in [0.5, 0.6) is 0 Å². The van der Waals surface area contributed by atoms with E-state index in [9.17, 15) is 4.79 Å². The maximum absolute atomic E-state index is 12.3.